The van der Waals surface area contributed by atoms with Gasteiger partial charge in [0.25, 0.3) is 5.69 Å². The van der Waals surface area contributed by atoms with E-state index in [0.717, 1.165) is 6.07 Å². The Labute approximate surface area is 108 Å². The summed E-state index contributed by atoms with van der Waals surface area (Å²) in [6, 6.07) is 3.97. The molecule has 0 heterocycles. The van der Waals surface area contributed by atoms with Crippen molar-refractivity contribution in [3.05, 3.63) is 39.4 Å². The monoisotopic (exact) mass is 270 g/mol. The zero-order valence-electron chi connectivity index (χ0n) is 9.94. The minimum atomic E-state index is -1.38. The molecule has 0 aliphatic rings. The maximum Gasteiger partial charge on any atom is 0.343 e. The maximum atomic E-state index is 11.1. The van der Waals surface area contributed by atoms with Crippen molar-refractivity contribution < 1.29 is 25.0 Å². The van der Waals surface area contributed by atoms with Crippen molar-refractivity contribution in [2.75, 3.05) is 13.2 Å². The van der Waals surface area contributed by atoms with Gasteiger partial charge in [-0.15, -0.1) is 0 Å². The number of aliphatic hydroxyl groups excluding tert-OH is 2. The highest BCUT2D eigenvalue weighted by molar-refractivity contribution is 5.94. The molecule has 1 rings (SSSR count). The Morgan fingerprint density at radius 3 is 2.68 bits per heavy atom. The van der Waals surface area contributed by atoms with Crippen LogP contribution in [0.2, 0.25) is 0 Å². The molecule has 0 saturated carbocycles. The number of nitrogens with one attached hydrogen (secondary N) is 1. The van der Waals surface area contributed by atoms with Gasteiger partial charge in [-0.05, 0) is 5.56 Å². The van der Waals surface area contributed by atoms with E-state index in [-0.39, 0.29) is 24.2 Å². The van der Waals surface area contributed by atoms with E-state index >= 15 is 0 Å². The lowest BCUT2D eigenvalue weighted by molar-refractivity contribution is -0.385. The number of hydrogen-bond acceptors (Lipinski definition) is 6. The summed E-state index contributed by atoms with van der Waals surface area (Å²) in [6.07, 6.45) is -0.966. The molecule has 8 nitrogen and oxygen atoms in total. The standard InChI is InChI=1S/C11H14N2O6/c14-6-8(15)5-12-4-7-2-1-3-9(13(18)19)10(7)11(16)17/h1-3,8,12,14-15H,4-6H2,(H,16,17). The number of benzene rings is 1. The summed E-state index contributed by atoms with van der Waals surface area (Å²) >= 11 is 0. The average molecular weight is 270 g/mol. The SMILES string of the molecule is O=C(O)c1c(CNCC(O)CO)cccc1[N+](=O)[O-]. The second-order valence-corrected chi connectivity index (χ2v) is 3.84. The van der Waals surface area contributed by atoms with Gasteiger partial charge in [0.05, 0.1) is 17.6 Å². The van der Waals surface area contributed by atoms with Crippen molar-refractivity contribution in [2.24, 2.45) is 0 Å². The summed E-state index contributed by atoms with van der Waals surface area (Å²) in [6.45, 7) is -0.327. The zero-order chi connectivity index (χ0) is 14.4. The fourth-order valence-electron chi connectivity index (χ4n) is 1.57. The second-order valence-electron chi connectivity index (χ2n) is 3.84. The average Bonchev–Trinajstić information content (AvgIpc) is 2.37. The third kappa shape index (κ3) is 3.98. The van der Waals surface area contributed by atoms with Gasteiger partial charge >= 0.3 is 5.97 Å². The van der Waals surface area contributed by atoms with Gasteiger partial charge in [0.2, 0.25) is 0 Å². The van der Waals surface area contributed by atoms with Crippen LogP contribution < -0.4 is 5.32 Å². The molecule has 0 radical (unpaired) electrons. The minimum Gasteiger partial charge on any atom is -0.477 e. The zero-order valence-corrected chi connectivity index (χ0v) is 9.94. The molecule has 1 atom stereocenters. The summed E-state index contributed by atoms with van der Waals surface area (Å²) in [4.78, 5) is 21.1. The summed E-state index contributed by atoms with van der Waals surface area (Å²) in [5.74, 6) is -1.38. The Morgan fingerprint density at radius 2 is 2.16 bits per heavy atom. The Kier molecular flexibility index (Phi) is 5.37. The molecule has 0 bridgehead atoms. The number of aromatic carboxylic acids is 1. The van der Waals surface area contributed by atoms with Crippen LogP contribution in [0.15, 0.2) is 18.2 Å². The Hall–Kier alpha value is -2.03. The summed E-state index contributed by atoms with van der Waals surface area (Å²) in [5.41, 5.74) is -0.611. The number of rotatable bonds is 7. The first-order valence-electron chi connectivity index (χ1n) is 5.46. The molecule has 0 spiro atoms. The first kappa shape index (κ1) is 15.0. The molecule has 0 aromatic heterocycles. The highest BCUT2D eigenvalue weighted by atomic mass is 16.6. The second kappa shape index (κ2) is 6.78. The molecule has 0 amide bonds. The molecule has 0 fully saturated rings. The van der Waals surface area contributed by atoms with E-state index in [1.54, 1.807) is 0 Å². The van der Waals surface area contributed by atoms with Crippen LogP contribution in [0.3, 0.4) is 0 Å². The Morgan fingerprint density at radius 1 is 1.47 bits per heavy atom. The third-order valence-electron chi connectivity index (χ3n) is 2.45. The summed E-state index contributed by atoms with van der Waals surface area (Å²) in [7, 11) is 0. The lowest BCUT2D eigenvalue weighted by Crippen LogP contribution is -2.29. The smallest absolute Gasteiger partial charge is 0.343 e. The highest BCUT2D eigenvalue weighted by Crippen LogP contribution is 2.22. The lowest BCUT2D eigenvalue weighted by atomic mass is 10.1. The van der Waals surface area contributed by atoms with Crippen LogP contribution in [0.25, 0.3) is 0 Å². The van der Waals surface area contributed by atoms with Crippen molar-refractivity contribution >= 4 is 11.7 Å². The predicted octanol–water partition coefficient (Wildman–Crippen LogP) is -0.264. The summed E-state index contributed by atoms with van der Waals surface area (Å²) in [5, 5.41) is 40.2. The van der Waals surface area contributed by atoms with Crippen LogP contribution in [0.5, 0.6) is 0 Å². The van der Waals surface area contributed by atoms with Gasteiger partial charge in [-0.2, -0.15) is 0 Å². The number of hydrogen-bond donors (Lipinski definition) is 4. The Balaban J connectivity index is 2.91. The van der Waals surface area contributed by atoms with Gasteiger partial charge in [-0.25, -0.2) is 4.79 Å². The van der Waals surface area contributed by atoms with Crippen LogP contribution in [-0.4, -0.2) is 45.5 Å². The van der Waals surface area contributed by atoms with Gasteiger partial charge < -0.3 is 20.6 Å². The van der Waals surface area contributed by atoms with Crippen LogP contribution in [0, 0.1) is 10.1 Å². The van der Waals surface area contributed by atoms with Crippen LogP contribution >= 0.6 is 0 Å². The van der Waals surface area contributed by atoms with Gasteiger partial charge in [0, 0.05) is 19.2 Å². The fraction of sp³-hybridized carbons (Fsp3) is 0.364. The molecule has 19 heavy (non-hydrogen) atoms. The van der Waals surface area contributed by atoms with Gasteiger partial charge in [-0.3, -0.25) is 10.1 Å². The lowest BCUT2D eigenvalue weighted by Gasteiger charge is -2.10. The van der Waals surface area contributed by atoms with E-state index in [0.29, 0.717) is 0 Å². The minimum absolute atomic E-state index is 0.0420. The predicted molar refractivity (Wildman–Crippen MR) is 64.9 cm³/mol. The third-order valence-corrected chi connectivity index (χ3v) is 2.45. The first-order valence-corrected chi connectivity index (χ1v) is 5.46. The molecule has 0 aliphatic heterocycles. The molecule has 1 aromatic carbocycles. The number of carboxylic acid groups (broad SMARTS) is 1. The molecular formula is C11H14N2O6. The van der Waals surface area contributed by atoms with Crippen molar-refractivity contribution in [1.29, 1.82) is 0 Å². The van der Waals surface area contributed by atoms with Crippen molar-refractivity contribution in [3.8, 4) is 0 Å². The van der Waals surface area contributed by atoms with E-state index in [9.17, 15) is 14.9 Å². The molecule has 4 N–H and O–H groups in total. The first-order chi connectivity index (χ1) is 8.97. The van der Waals surface area contributed by atoms with E-state index in [2.05, 4.69) is 5.32 Å². The topological polar surface area (TPSA) is 133 Å². The maximum absolute atomic E-state index is 11.1. The molecular weight excluding hydrogens is 256 g/mol. The van der Waals surface area contributed by atoms with E-state index in [1.165, 1.54) is 12.1 Å². The largest absolute Gasteiger partial charge is 0.477 e. The van der Waals surface area contributed by atoms with Gasteiger partial charge in [0.15, 0.2) is 0 Å². The normalized spacial score (nSPS) is 12.1. The van der Waals surface area contributed by atoms with Crippen LogP contribution in [0.1, 0.15) is 15.9 Å². The molecule has 0 aliphatic carbocycles. The number of carbonyl (C=O) groups is 1. The van der Waals surface area contributed by atoms with E-state index < -0.39 is 29.3 Å². The van der Waals surface area contributed by atoms with Crippen molar-refractivity contribution in [3.63, 3.8) is 0 Å². The van der Waals surface area contributed by atoms with Crippen molar-refractivity contribution in [2.45, 2.75) is 12.6 Å². The number of nitro benzene ring substituents is 1. The number of nitro groups is 1. The number of nitrogens with zero attached hydrogens (tertiary/aromatic N) is 1. The van der Waals surface area contributed by atoms with E-state index in [1.807, 2.05) is 0 Å². The molecule has 104 valence electrons. The molecule has 0 saturated heterocycles. The van der Waals surface area contributed by atoms with Crippen LogP contribution in [0.4, 0.5) is 5.69 Å². The number of aliphatic hydroxyl groups is 2. The Bertz CT molecular complexity index is 476. The summed E-state index contributed by atoms with van der Waals surface area (Å²) < 4.78 is 0. The van der Waals surface area contributed by atoms with Crippen molar-refractivity contribution in [1.82, 2.24) is 5.32 Å². The highest BCUT2D eigenvalue weighted by Gasteiger charge is 2.23. The molecule has 1 unspecified atom stereocenters. The quantitative estimate of drug-likeness (QED) is 0.396. The molecule has 1 aromatic rings. The van der Waals surface area contributed by atoms with E-state index in [4.69, 9.17) is 15.3 Å². The van der Waals surface area contributed by atoms with Gasteiger partial charge in [0.1, 0.15) is 5.56 Å². The van der Waals surface area contributed by atoms with Gasteiger partial charge in [-0.1, -0.05) is 12.1 Å². The van der Waals surface area contributed by atoms with Crippen LogP contribution in [-0.2, 0) is 6.54 Å². The molecule has 8 heteroatoms. The number of carboxylic acids is 1. The fourth-order valence-corrected chi connectivity index (χ4v) is 1.57.